The number of rotatable bonds is 10. The van der Waals surface area contributed by atoms with E-state index in [-0.39, 0.29) is 13.2 Å². The molecule has 0 saturated carbocycles. The zero-order valence-electron chi connectivity index (χ0n) is 10.1. The highest BCUT2D eigenvalue weighted by Gasteiger charge is 2.33. The molecule has 0 aromatic heterocycles. The molecule has 0 heterocycles. The topological polar surface area (TPSA) is 76.0 Å². The van der Waals surface area contributed by atoms with Gasteiger partial charge in [-0.25, -0.2) is 0 Å². The lowest BCUT2D eigenvalue weighted by molar-refractivity contribution is 0.0984. The Morgan fingerprint density at radius 1 is 1.12 bits per heavy atom. The molecule has 0 aromatic carbocycles. The van der Waals surface area contributed by atoms with Crippen LogP contribution in [0, 0.1) is 0 Å². The minimum atomic E-state index is -3.56. The first-order valence-electron chi connectivity index (χ1n) is 5.78. The molecular formula is C10H23O5P. The van der Waals surface area contributed by atoms with Gasteiger partial charge in [-0.3, -0.25) is 4.57 Å². The van der Waals surface area contributed by atoms with Crippen molar-refractivity contribution in [1.82, 2.24) is 0 Å². The fourth-order valence-corrected chi connectivity index (χ4v) is 2.37. The molecule has 1 unspecified atom stereocenters. The average molecular weight is 254 g/mol. The first-order chi connectivity index (χ1) is 7.60. The van der Waals surface area contributed by atoms with Crippen LogP contribution in [0.5, 0.6) is 0 Å². The van der Waals surface area contributed by atoms with Gasteiger partial charge in [-0.2, -0.15) is 0 Å². The molecule has 0 bridgehead atoms. The Balaban J connectivity index is 4.19. The van der Waals surface area contributed by atoms with Crippen molar-refractivity contribution < 1.29 is 23.8 Å². The van der Waals surface area contributed by atoms with Crippen LogP contribution in [0.4, 0.5) is 0 Å². The number of aliphatic hydroxyl groups is 2. The SMILES string of the molecule is CCCCOP(=O)(OCCCC)C(O)CO. The van der Waals surface area contributed by atoms with Gasteiger partial charge in [-0.05, 0) is 12.8 Å². The summed E-state index contributed by atoms with van der Waals surface area (Å²) in [5, 5.41) is 18.2. The van der Waals surface area contributed by atoms with Gasteiger partial charge in [0.05, 0.1) is 19.8 Å². The smallest absolute Gasteiger partial charge is 0.361 e. The summed E-state index contributed by atoms with van der Waals surface area (Å²) < 4.78 is 22.2. The molecule has 0 aliphatic carbocycles. The van der Waals surface area contributed by atoms with Crippen molar-refractivity contribution in [1.29, 1.82) is 0 Å². The molecule has 0 fully saturated rings. The van der Waals surface area contributed by atoms with Crippen LogP contribution in [-0.4, -0.2) is 35.9 Å². The molecule has 0 aliphatic heterocycles. The van der Waals surface area contributed by atoms with Crippen LogP contribution in [0.25, 0.3) is 0 Å². The van der Waals surface area contributed by atoms with Crippen LogP contribution in [0.1, 0.15) is 39.5 Å². The highest BCUT2D eigenvalue weighted by Crippen LogP contribution is 2.52. The summed E-state index contributed by atoms with van der Waals surface area (Å²) >= 11 is 0. The maximum atomic E-state index is 12.0. The highest BCUT2D eigenvalue weighted by molar-refractivity contribution is 7.54. The third kappa shape index (κ3) is 5.97. The van der Waals surface area contributed by atoms with Gasteiger partial charge in [0.15, 0.2) is 5.85 Å². The second-order valence-electron chi connectivity index (χ2n) is 3.58. The van der Waals surface area contributed by atoms with Gasteiger partial charge in [-0.1, -0.05) is 26.7 Å². The van der Waals surface area contributed by atoms with E-state index in [4.69, 9.17) is 14.2 Å². The highest BCUT2D eigenvalue weighted by atomic mass is 31.2. The Bertz CT molecular complexity index is 195. The zero-order chi connectivity index (χ0) is 12.4. The predicted octanol–water partition coefficient (Wildman–Crippen LogP) is 2.12. The van der Waals surface area contributed by atoms with Crippen LogP contribution in [-0.2, 0) is 13.6 Å². The lowest BCUT2D eigenvalue weighted by Crippen LogP contribution is -2.17. The van der Waals surface area contributed by atoms with E-state index in [1.807, 2.05) is 13.8 Å². The summed E-state index contributed by atoms with van der Waals surface area (Å²) in [6.45, 7) is 3.90. The number of hydrogen-bond acceptors (Lipinski definition) is 5. The maximum Gasteiger partial charge on any atom is 0.361 e. The van der Waals surface area contributed by atoms with Crippen molar-refractivity contribution in [3.63, 3.8) is 0 Å². The summed E-state index contributed by atoms with van der Waals surface area (Å²) in [5.41, 5.74) is 0. The maximum absolute atomic E-state index is 12.0. The van der Waals surface area contributed by atoms with Gasteiger partial charge in [0.25, 0.3) is 0 Å². The minimum Gasteiger partial charge on any atom is -0.393 e. The average Bonchev–Trinajstić information content (AvgIpc) is 2.28. The molecule has 0 radical (unpaired) electrons. The normalized spacial score (nSPS) is 14.0. The van der Waals surface area contributed by atoms with E-state index in [0.717, 1.165) is 25.7 Å². The van der Waals surface area contributed by atoms with Crippen molar-refractivity contribution >= 4 is 7.60 Å². The third-order valence-corrected chi connectivity index (χ3v) is 4.04. The molecule has 98 valence electrons. The van der Waals surface area contributed by atoms with E-state index < -0.39 is 20.0 Å². The Morgan fingerprint density at radius 3 is 1.88 bits per heavy atom. The van der Waals surface area contributed by atoms with Crippen molar-refractivity contribution in [2.24, 2.45) is 0 Å². The van der Waals surface area contributed by atoms with Crippen molar-refractivity contribution in [2.45, 2.75) is 45.4 Å². The summed E-state index contributed by atoms with van der Waals surface area (Å²) in [7, 11) is -3.56. The van der Waals surface area contributed by atoms with Gasteiger partial charge < -0.3 is 19.3 Å². The van der Waals surface area contributed by atoms with Crippen molar-refractivity contribution in [3.05, 3.63) is 0 Å². The van der Waals surface area contributed by atoms with Crippen molar-refractivity contribution in [2.75, 3.05) is 19.8 Å². The van der Waals surface area contributed by atoms with Crippen LogP contribution in [0.2, 0.25) is 0 Å². The zero-order valence-corrected chi connectivity index (χ0v) is 11.0. The van der Waals surface area contributed by atoms with E-state index >= 15 is 0 Å². The van der Waals surface area contributed by atoms with Gasteiger partial charge in [0, 0.05) is 0 Å². The van der Waals surface area contributed by atoms with Gasteiger partial charge in [-0.15, -0.1) is 0 Å². The van der Waals surface area contributed by atoms with E-state index in [1.165, 1.54) is 0 Å². The second-order valence-corrected chi connectivity index (χ2v) is 5.77. The molecule has 2 N–H and O–H groups in total. The van der Waals surface area contributed by atoms with Gasteiger partial charge >= 0.3 is 7.60 Å². The second kappa shape index (κ2) is 9.14. The van der Waals surface area contributed by atoms with Crippen molar-refractivity contribution in [3.8, 4) is 0 Å². The molecule has 5 nitrogen and oxygen atoms in total. The lowest BCUT2D eigenvalue weighted by atomic mass is 10.4. The quantitative estimate of drug-likeness (QED) is 0.461. The largest absolute Gasteiger partial charge is 0.393 e. The Kier molecular flexibility index (Phi) is 9.18. The molecule has 0 aromatic rings. The molecule has 6 heteroatoms. The molecule has 0 amide bonds. The number of aliphatic hydroxyl groups excluding tert-OH is 2. The summed E-state index contributed by atoms with van der Waals surface area (Å²) in [6, 6.07) is 0. The Labute approximate surface area is 97.3 Å². The molecule has 0 aliphatic rings. The predicted molar refractivity (Wildman–Crippen MR) is 62.4 cm³/mol. The third-order valence-electron chi connectivity index (χ3n) is 2.07. The molecule has 0 rings (SSSR count). The molecule has 16 heavy (non-hydrogen) atoms. The van der Waals surface area contributed by atoms with Crippen LogP contribution >= 0.6 is 7.60 Å². The Hall–Kier alpha value is 0.0700. The first-order valence-corrected chi connectivity index (χ1v) is 7.39. The van der Waals surface area contributed by atoms with Crippen LogP contribution in [0.3, 0.4) is 0 Å². The summed E-state index contributed by atoms with van der Waals surface area (Å²) in [6.07, 6.45) is 3.31. The molecule has 0 spiro atoms. The standard InChI is InChI=1S/C10H23O5P/c1-3-5-7-14-16(13,10(12)9-11)15-8-6-4-2/h10-12H,3-9H2,1-2H3. The molecular weight excluding hydrogens is 231 g/mol. The lowest BCUT2D eigenvalue weighted by Gasteiger charge is -2.21. The number of unbranched alkanes of at least 4 members (excludes halogenated alkanes) is 2. The molecule has 1 atom stereocenters. The van der Waals surface area contributed by atoms with Gasteiger partial charge in [0.2, 0.25) is 0 Å². The fraction of sp³-hybridized carbons (Fsp3) is 1.00. The van der Waals surface area contributed by atoms with E-state index in [2.05, 4.69) is 0 Å². The Morgan fingerprint density at radius 2 is 1.56 bits per heavy atom. The fourth-order valence-electron chi connectivity index (χ4n) is 0.982. The molecule has 0 saturated heterocycles. The van der Waals surface area contributed by atoms with E-state index in [9.17, 15) is 9.67 Å². The van der Waals surface area contributed by atoms with E-state index in [0.29, 0.717) is 0 Å². The van der Waals surface area contributed by atoms with Gasteiger partial charge in [0.1, 0.15) is 0 Å². The summed E-state index contributed by atoms with van der Waals surface area (Å²) in [4.78, 5) is 0. The monoisotopic (exact) mass is 254 g/mol. The first kappa shape index (κ1) is 16.1. The van der Waals surface area contributed by atoms with Crippen LogP contribution in [0.15, 0.2) is 0 Å². The van der Waals surface area contributed by atoms with Crippen LogP contribution < -0.4 is 0 Å². The van der Waals surface area contributed by atoms with E-state index in [1.54, 1.807) is 0 Å². The summed E-state index contributed by atoms with van der Waals surface area (Å²) in [5.74, 6) is -1.44. The number of hydrogen-bond donors (Lipinski definition) is 2. The minimum absolute atomic E-state index is 0.275.